The van der Waals surface area contributed by atoms with Crippen LogP contribution in [0.25, 0.3) is 10.4 Å². The highest BCUT2D eigenvalue weighted by Gasteiger charge is 2.13. The van der Waals surface area contributed by atoms with E-state index in [2.05, 4.69) is 15.6 Å². The van der Waals surface area contributed by atoms with Gasteiger partial charge in [0.15, 0.2) is 5.69 Å². The zero-order valence-corrected chi connectivity index (χ0v) is 15.3. The summed E-state index contributed by atoms with van der Waals surface area (Å²) in [7, 11) is 0. The Balaban J connectivity index is 1.64. The number of thiophene rings is 1. The topological polar surface area (TPSA) is 123 Å². The van der Waals surface area contributed by atoms with Crippen LogP contribution in [0.15, 0.2) is 41.9 Å². The fourth-order valence-electron chi connectivity index (χ4n) is 2.51. The maximum absolute atomic E-state index is 12.4. The third-order valence-electron chi connectivity index (χ3n) is 3.91. The molecule has 2 aromatic heterocycles. The van der Waals surface area contributed by atoms with Crippen LogP contribution < -0.4 is 11.1 Å². The number of aromatic nitrogens is 3. The normalized spacial score (nSPS) is 10.7. The van der Waals surface area contributed by atoms with Crippen molar-refractivity contribution in [1.82, 2.24) is 15.0 Å². The molecular weight excluding hydrogens is 366 g/mol. The summed E-state index contributed by atoms with van der Waals surface area (Å²) >= 11 is 1.60. The van der Waals surface area contributed by atoms with Gasteiger partial charge in [0.05, 0.1) is 17.6 Å². The Morgan fingerprint density at radius 2 is 2.11 bits per heavy atom. The highest BCUT2D eigenvalue weighted by atomic mass is 32.1. The van der Waals surface area contributed by atoms with Crippen LogP contribution in [-0.4, -0.2) is 32.0 Å². The highest BCUT2D eigenvalue weighted by molar-refractivity contribution is 7.13. The number of rotatable bonds is 8. The van der Waals surface area contributed by atoms with Crippen LogP contribution in [0, 0.1) is 0 Å². The number of carbonyl (C=O) groups excluding carboxylic acids is 1. The van der Waals surface area contributed by atoms with Crippen molar-refractivity contribution < 1.29 is 14.7 Å². The highest BCUT2D eigenvalue weighted by Crippen LogP contribution is 2.30. The molecule has 2 heterocycles. The molecule has 0 saturated heterocycles. The Labute approximate surface area is 159 Å². The SMILES string of the molecule is Nc1ccc(-c2cccs2)cc1NC(=O)c1cn(CCCCC(=O)O)nn1. The Morgan fingerprint density at radius 1 is 1.26 bits per heavy atom. The quantitative estimate of drug-likeness (QED) is 0.404. The summed E-state index contributed by atoms with van der Waals surface area (Å²) in [6.07, 6.45) is 2.84. The molecule has 3 rings (SSSR count). The van der Waals surface area contributed by atoms with E-state index in [-0.39, 0.29) is 12.1 Å². The number of hydrogen-bond donors (Lipinski definition) is 3. The first-order valence-electron chi connectivity index (χ1n) is 8.39. The Bertz CT molecular complexity index is 936. The standard InChI is InChI=1S/C18H19N5O3S/c19-13-7-6-12(16-4-3-9-27-16)10-14(13)20-18(26)15-11-23(22-21-15)8-2-1-5-17(24)25/h3-4,6-7,9-11H,1-2,5,8,19H2,(H,20,26)(H,24,25). The third-order valence-corrected chi connectivity index (χ3v) is 4.83. The summed E-state index contributed by atoms with van der Waals surface area (Å²) in [6, 6.07) is 9.45. The van der Waals surface area contributed by atoms with Gasteiger partial charge in [-0.25, -0.2) is 0 Å². The average molecular weight is 385 g/mol. The number of aliphatic carboxylic acids is 1. The molecule has 0 saturated carbocycles. The fourth-order valence-corrected chi connectivity index (χ4v) is 3.23. The van der Waals surface area contributed by atoms with Crippen LogP contribution in [0.1, 0.15) is 29.8 Å². The lowest BCUT2D eigenvalue weighted by Gasteiger charge is -2.08. The van der Waals surface area contributed by atoms with Crippen molar-refractivity contribution in [2.24, 2.45) is 0 Å². The molecule has 0 fully saturated rings. The number of anilines is 2. The largest absolute Gasteiger partial charge is 0.481 e. The molecule has 0 aliphatic rings. The molecule has 8 nitrogen and oxygen atoms in total. The molecular formula is C18H19N5O3S. The first-order valence-corrected chi connectivity index (χ1v) is 9.27. The molecule has 27 heavy (non-hydrogen) atoms. The number of nitrogens with one attached hydrogen (secondary N) is 1. The summed E-state index contributed by atoms with van der Waals surface area (Å²) < 4.78 is 1.53. The van der Waals surface area contributed by atoms with Gasteiger partial charge in [-0.3, -0.25) is 14.3 Å². The molecule has 0 radical (unpaired) electrons. The van der Waals surface area contributed by atoms with E-state index in [0.29, 0.717) is 30.8 Å². The number of carbonyl (C=O) groups is 2. The fraction of sp³-hybridized carbons (Fsp3) is 0.222. The minimum Gasteiger partial charge on any atom is -0.481 e. The Hall–Kier alpha value is -3.20. The molecule has 4 N–H and O–H groups in total. The molecule has 0 aliphatic heterocycles. The monoisotopic (exact) mass is 385 g/mol. The molecule has 0 bridgehead atoms. The van der Waals surface area contributed by atoms with E-state index in [9.17, 15) is 9.59 Å². The number of aryl methyl sites for hydroxylation is 1. The lowest BCUT2D eigenvalue weighted by molar-refractivity contribution is -0.137. The molecule has 1 aromatic carbocycles. The predicted octanol–water partition coefficient (Wildman–Crippen LogP) is 3.10. The van der Waals surface area contributed by atoms with Gasteiger partial charge in [0, 0.05) is 17.8 Å². The Morgan fingerprint density at radius 3 is 2.85 bits per heavy atom. The van der Waals surface area contributed by atoms with Gasteiger partial charge in [0.1, 0.15) is 0 Å². The van der Waals surface area contributed by atoms with E-state index >= 15 is 0 Å². The van der Waals surface area contributed by atoms with Crippen LogP contribution in [-0.2, 0) is 11.3 Å². The van der Waals surface area contributed by atoms with Gasteiger partial charge in [0.25, 0.3) is 5.91 Å². The summed E-state index contributed by atoms with van der Waals surface area (Å²) in [5.41, 5.74) is 8.10. The summed E-state index contributed by atoms with van der Waals surface area (Å²) in [5.74, 6) is -1.22. The third kappa shape index (κ3) is 4.91. The second kappa shape index (κ2) is 8.45. The number of carboxylic acids is 1. The van der Waals surface area contributed by atoms with E-state index < -0.39 is 11.9 Å². The van der Waals surface area contributed by atoms with Crippen LogP contribution >= 0.6 is 11.3 Å². The molecule has 0 aliphatic carbocycles. The molecule has 3 aromatic rings. The zero-order valence-electron chi connectivity index (χ0n) is 14.5. The molecule has 0 unspecified atom stereocenters. The lowest BCUT2D eigenvalue weighted by Crippen LogP contribution is -2.13. The van der Waals surface area contributed by atoms with Crippen LogP contribution in [0.5, 0.6) is 0 Å². The molecule has 0 atom stereocenters. The molecule has 140 valence electrons. The number of hydrogen-bond acceptors (Lipinski definition) is 6. The van der Waals surface area contributed by atoms with E-state index in [4.69, 9.17) is 10.8 Å². The Kier molecular flexibility index (Phi) is 5.82. The van der Waals surface area contributed by atoms with Gasteiger partial charge in [-0.05, 0) is 42.0 Å². The number of benzene rings is 1. The average Bonchev–Trinajstić information content (AvgIpc) is 3.32. The summed E-state index contributed by atoms with van der Waals surface area (Å²) in [4.78, 5) is 24.0. The first kappa shape index (κ1) is 18.6. The van der Waals surface area contributed by atoms with Gasteiger partial charge in [0.2, 0.25) is 0 Å². The summed E-state index contributed by atoms with van der Waals surface area (Å²) in [5, 5.41) is 21.2. The second-order valence-corrected chi connectivity index (χ2v) is 6.90. The van der Waals surface area contributed by atoms with Crippen molar-refractivity contribution in [3.63, 3.8) is 0 Å². The maximum Gasteiger partial charge on any atom is 0.303 e. The van der Waals surface area contributed by atoms with Crippen molar-refractivity contribution in [1.29, 1.82) is 0 Å². The van der Waals surface area contributed by atoms with E-state index in [1.54, 1.807) is 17.4 Å². The number of amides is 1. The van der Waals surface area contributed by atoms with Crippen molar-refractivity contribution >= 4 is 34.6 Å². The smallest absolute Gasteiger partial charge is 0.303 e. The van der Waals surface area contributed by atoms with E-state index in [1.807, 2.05) is 29.6 Å². The van der Waals surface area contributed by atoms with Crippen molar-refractivity contribution in [3.8, 4) is 10.4 Å². The van der Waals surface area contributed by atoms with Crippen LogP contribution in [0.2, 0.25) is 0 Å². The van der Waals surface area contributed by atoms with E-state index in [1.165, 1.54) is 10.9 Å². The maximum atomic E-state index is 12.4. The lowest BCUT2D eigenvalue weighted by atomic mass is 10.1. The second-order valence-electron chi connectivity index (χ2n) is 5.95. The number of nitrogens with zero attached hydrogens (tertiary/aromatic N) is 3. The van der Waals surface area contributed by atoms with Gasteiger partial charge in [-0.15, -0.1) is 16.4 Å². The van der Waals surface area contributed by atoms with Crippen LogP contribution in [0.3, 0.4) is 0 Å². The zero-order chi connectivity index (χ0) is 19.2. The number of carboxylic acid groups (broad SMARTS) is 1. The van der Waals surface area contributed by atoms with Gasteiger partial charge in [-0.1, -0.05) is 17.3 Å². The molecule has 0 spiro atoms. The van der Waals surface area contributed by atoms with Crippen LogP contribution in [0.4, 0.5) is 11.4 Å². The molecule has 9 heteroatoms. The van der Waals surface area contributed by atoms with Gasteiger partial charge < -0.3 is 16.2 Å². The number of unbranched alkanes of at least 4 members (excludes halogenated alkanes) is 1. The number of nitrogen functional groups attached to an aromatic ring is 1. The summed E-state index contributed by atoms with van der Waals surface area (Å²) in [6.45, 7) is 0.504. The predicted molar refractivity (Wildman–Crippen MR) is 104 cm³/mol. The minimum atomic E-state index is -0.823. The van der Waals surface area contributed by atoms with Gasteiger partial charge in [-0.2, -0.15) is 0 Å². The minimum absolute atomic E-state index is 0.113. The van der Waals surface area contributed by atoms with Gasteiger partial charge >= 0.3 is 5.97 Å². The molecule has 1 amide bonds. The van der Waals surface area contributed by atoms with E-state index in [0.717, 1.165) is 10.4 Å². The number of nitrogens with two attached hydrogens (primary N) is 1. The van der Waals surface area contributed by atoms with Crippen molar-refractivity contribution in [2.45, 2.75) is 25.8 Å². The van der Waals surface area contributed by atoms with Crippen molar-refractivity contribution in [2.75, 3.05) is 11.1 Å². The van der Waals surface area contributed by atoms with Crippen molar-refractivity contribution in [3.05, 3.63) is 47.6 Å². The first-order chi connectivity index (χ1) is 13.0.